The van der Waals surface area contributed by atoms with Gasteiger partial charge in [-0.15, -0.1) is 0 Å². The first-order chi connectivity index (χ1) is 13.8. The molecule has 1 aromatic carbocycles. The number of pyridine rings is 1. The molecule has 2 aromatic rings. The molecule has 29 heavy (non-hydrogen) atoms. The van der Waals surface area contributed by atoms with Crippen LogP contribution in [0.1, 0.15) is 89.3 Å². The number of nitrogens with zero attached hydrogens (tertiary/aromatic N) is 1. The second-order valence-electron chi connectivity index (χ2n) is 9.16. The SMILES string of the molecule is CCCCCC(C)C(C)c1cc(O)c2c(c1)OC(C)(C)C/C2=C\c1ccncc1. The van der Waals surface area contributed by atoms with Crippen LogP contribution in [0.5, 0.6) is 11.5 Å². The summed E-state index contributed by atoms with van der Waals surface area (Å²) in [6.07, 6.45) is 11.5. The van der Waals surface area contributed by atoms with Crippen molar-refractivity contribution in [2.45, 2.75) is 78.2 Å². The Bertz CT molecular complexity index is 855. The number of benzene rings is 1. The highest BCUT2D eigenvalue weighted by Gasteiger charge is 2.33. The molecule has 0 saturated carbocycles. The second kappa shape index (κ2) is 9.02. The van der Waals surface area contributed by atoms with E-state index in [1.54, 1.807) is 12.4 Å². The standard InChI is InChI=1S/C26H35NO2/c1-6-7-8-9-18(2)19(3)21-15-23(28)25-22(14-20-10-12-27-13-11-20)17-26(4,5)29-24(25)16-21/h10-16,18-19,28H,6-9,17H2,1-5H3/b22-14+. The molecule has 156 valence electrons. The molecule has 0 spiro atoms. The fourth-order valence-electron chi connectivity index (χ4n) is 4.25. The van der Waals surface area contributed by atoms with Crippen molar-refractivity contribution in [1.82, 2.24) is 4.98 Å². The van der Waals surface area contributed by atoms with Gasteiger partial charge in [0.25, 0.3) is 0 Å². The van der Waals surface area contributed by atoms with Crippen molar-refractivity contribution in [3.8, 4) is 11.5 Å². The molecule has 0 bridgehead atoms. The number of aromatic nitrogens is 1. The monoisotopic (exact) mass is 393 g/mol. The zero-order valence-corrected chi connectivity index (χ0v) is 18.5. The summed E-state index contributed by atoms with van der Waals surface area (Å²) in [6.45, 7) is 11.0. The van der Waals surface area contributed by atoms with Gasteiger partial charge in [0.15, 0.2) is 0 Å². The summed E-state index contributed by atoms with van der Waals surface area (Å²) in [6, 6.07) is 8.07. The number of hydrogen-bond acceptors (Lipinski definition) is 3. The number of aromatic hydroxyl groups is 1. The lowest BCUT2D eigenvalue weighted by molar-refractivity contribution is 0.107. The highest BCUT2D eigenvalue weighted by molar-refractivity contribution is 5.88. The average molecular weight is 394 g/mol. The quantitative estimate of drug-likeness (QED) is 0.505. The molecule has 3 rings (SSSR count). The summed E-state index contributed by atoms with van der Waals surface area (Å²) in [5.74, 6) is 2.07. The fraction of sp³-hybridized carbons (Fsp3) is 0.500. The first-order valence-corrected chi connectivity index (χ1v) is 11.0. The molecule has 0 aliphatic carbocycles. The molecule has 0 radical (unpaired) electrons. The molecule has 0 fully saturated rings. The van der Waals surface area contributed by atoms with Crippen LogP contribution in [0.25, 0.3) is 11.6 Å². The van der Waals surface area contributed by atoms with Crippen LogP contribution in [0.2, 0.25) is 0 Å². The molecule has 3 nitrogen and oxygen atoms in total. The maximum Gasteiger partial charge on any atom is 0.131 e. The molecule has 2 atom stereocenters. The number of rotatable bonds is 7. The lowest BCUT2D eigenvalue weighted by Gasteiger charge is -2.35. The fourth-order valence-corrected chi connectivity index (χ4v) is 4.25. The Labute approximate surface area is 175 Å². The van der Waals surface area contributed by atoms with E-state index < -0.39 is 0 Å². The minimum atomic E-state index is -0.313. The van der Waals surface area contributed by atoms with Crippen LogP contribution in [0.3, 0.4) is 0 Å². The molecule has 0 amide bonds. The van der Waals surface area contributed by atoms with Crippen LogP contribution < -0.4 is 4.74 Å². The summed E-state index contributed by atoms with van der Waals surface area (Å²) < 4.78 is 6.32. The third-order valence-corrected chi connectivity index (χ3v) is 6.12. The number of phenolic OH excluding ortho intramolecular Hbond substituents is 1. The van der Waals surface area contributed by atoms with Crippen molar-refractivity contribution in [3.05, 3.63) is 53.3 Å². The highest BCUT2D eigenvalue weighted by Crippen LogP contribution is 2.47. The van der Waals surface area contributed by atoms with E-state index in [-0.39, 0.29) is 5.60 Å². The van der Waals surface area contributed by atoms with Crippen molar-refractivity contribution in [2.24, 2.45) is 5.92 Å². The van der Waals surface area contributed by atoms with Gasteiger partial charge in [0, 0.05) is 18.8 Å². The minimum absolute atomic E-state index is 0.313. The van der Waals surface area contributed by atoms with Gasteiger partial charge < -0.3 is 9.84 Å². The van der Waals surface area contributed by atoms with E-state index in [0.29, 0.717) is 17.6 Å². The van der Waals surface area contributed by atoms with Gasteiger partial charge >= 0.3 is 0 Å². The Balaban J connectivity index is 1.95. The van der Waals surface area contributed by atoms with Gasteiger partial charge in [0.2, 0.25) is 0 Å². The number of unbranched alkanes of at least 4 members (excludes halogenated alkanes) is 2. The van der Waals surface area contributed by atoms with Gasteiger partial charge in [-0.25, -0.2) is 0 Å². The third kappa shape index (κ3) is 5.20. The Hall–Kier alpha value is -2.29. The van der Waals surface area contributed by atoms with E-state index in [9.17, 15) is 5.11 Å². The third-order valence-electron chi connectivity index (χ3n) is 6.12. The number of phenols is 1. The summed E-state index contributed by atoms with van der Waals surface area (Å²) in [5, 5.41) is 11.0. The zero-order chi connectivity index (χ0) is 21.0. The molecule has 0 saturated heterocycles. The highest BCUT2D eigenvalue weighted by atomic mass is 16.5. The van der Waals surface area contributed by atoms with Crippen LogP contribution in [-0.4, -0.2) is 15.7 Å². The smallest absolute Gasteiger partial charge is 0.131 e. The molecule has 1 aromatic heterocycles. The first kappa shape index (κ1) is 21.4. The Kier molecular flexibility index (Phi) is 6.66. The van der Waals surface area contributed by atoms with E-state index in [4.69, 9.17) is 4.74 Å². The molecule has 3 heteroatoms. The van der Waals surface area contributed by atoms with Crippen molar-refractivity contribution >= 4 is 11.6 Å². The number of hydrogen-bond donors (Lipinski definition) is 1. The van der Waals surface area contributed by atoms with E-state index in [1.165, 1.54) is 25.7 Å². The summed E-state index contributed by atoms with van der Waals surface area (Å²) >= 11 is 0. The van der Waals surface area contributed by atoms with Crippen LogP contribution in [0.15, 0.2) is 36.7 Å². The molecule has 2 heterocycles. The van der Waals surface area contributed by atoms with Gasteiger partial charge in [-0.3, -0.25) is 4.98 Å². The Morgan fingerprint density at radius 1 is 1.17 bits per heavy atom. The van der Waals surface area contributed by atoms with Crippen LogP contribution in [-0.2, 0) is 0 Å². The van der Waals surface area contributed by atoms with E-state index >= 15 is 0 Å². The van der Waals surface area contributed by atoms with Crippen molar-refractivity contribution < 1.29 is 9.84 Å². The normalized spacial score (nSPS) is 18.7. The maximum absolute atomic E-state index is 11.0. The molecule has 2 unspecified atom stereocenters. The van der Waals surface area contributed by atoms with Gasteiger partial charge in [-0.2, -0.15) is 0 Å². The van der Waals surface area contributed by atoms with Gasteiger partial charge in [0.1, 0.15) is 17.1 Å². The van der Waals surface area contributed by atoms with E-state index in [2.05, 4.69) is 51.7 Å². The van der Waals surface area contributed by atoms with Crippen molar-refractivity contribution in [2.75, 3.05) is 0 Å². The predicted molar refractivity (Wildman–Crippen MR) is 121 cm³/mol. The summed E-state index contributed by atoms with van der Waals surface area (Å²) in [7, 11) is 0. The second-order valence-corrected chi connectivity index (χ2v) is 9.16. The Morgan fingerprint density at radius 3 is 2.59 bits per heavy atom. The molecule has 1 N–H and O–H groups in total. The topological polar surface area (TPSA) is 42.4 Å². The van der Waals surface area contributed by atoms with Gasteiger partial charge in [-0.05, 0) is 66.6 Å². The van der Waals surface area contributed by atoms with Gasteiger partial charge in [-0.1, -0.05) is 52.5 Å². The van der Waals surface area contributed by atoms with Gasteiger partial charge in [0.05, 0.1) is 5.56 Å². The molecule has 1 aliphatic rings. The molecule has 1 aliphatic heterocycles. The largest absolute Gasteiger partial charge is 0.507 e. The molecular formula is C26H35NO2. The van der Waals surface area contributed by atoms with Crippen LogP contribution >= 0.6 is 0 Å². The van der Waals surface area contributed by atoms with E-state index in [0.717, 1.165) is 34.4 Å². The van der Waals surface area contributed by atoms with Crippen LogP contribution in [0, 0.1) is 5.92 Å². The Morgan fingerprint density at radius 2 is 1.90 bits per heavy atom. The maximum atomic E-state index is 11.0. The molecular weight excluding hydrogens is 358 g/mol. The number of fused-ring (bicyclic) bond motifs is 1. The van der Waals surface area contributed by atoms with E-state index in [1.807, 2.05) is 18.2 Å². The van der Waals surface area contributed by atoms with Crippen LogP contribution in [0.4, 0.5) is 0 Å². The zero-order valence-electron chi connectivity index (χ0n) is 18.5. The summed E-state index contributed by atoms with van der Waals surface area (Å²) in [5.41, 5.74) is 3.87. The first-order valence-electron chi connectivity index (χ1n) is 11.0. The lowest BCUT2D eigenvalue weighted by Crippen LogP contribution is -2.32. The van der Waals surface area contributed by atoms with Crippen molar-refractivity contribution in [3.63, 3.8) is 0 Å². The van der Waals surface area contributed by atoms with Crippen molar-refractivity contribution in [1.29, 1.82) is 0 Å². The predicted octanol–water partition coefficient (Wildman–Crippen LogP) is 7.21. The summed E-state index contributed by atoms with van der Waals surface area (Å²) in [4.78, 5) is 4.10. The lowest BCUT2D eigenvalue weighted by atomic mass is 9.82. The average Bonchev–Trinajstić information content (AvgIpc) is 2.66. The number of ether oxygens (including phenoxy) is 1. The minimum Gasteiger partial charge on any atom is -0.507 e.